The number of morpholine rings is 1. The zero-order valence-electron chi connectivity index (χ0n) is 19.5. The SMILES string of the molecule is O=C(c1cnc(N2CCOCC2)nc1-c1ccccc1F)N(Cc1ccc2c(c1)CCO2)C1CC1. The highest BCUT2D eigenvalue weighted by molar-refractivity contribution is 6.00. The molecular formula is C27H27FN4O3. The van der Waals surface area contributed by atoms with E-state index < -0.39 is 5.82 Å². The Morgan fingerprint density at radius 2 is 1.94 bits per heavy atom. The predicted molar refractivity (Wildman–Crippen MR) is 129 cm³/mol. The molecule has 3 aromatic rings. The average molecular weight is 475 g/mol. The third kappa shape index (κ3) is 4.46. The summed E-state index contributed by atoms with van der Waals surface area (Å²) in [6.07, 6.45) is 4.37. The number of carbonyl (C=O) groups is 1. The second kappa shape index (κ2) is 9.26. The minimum Gasteiger partial charge on any atom is -0.493 e. The molecule has 2 aromatic carbocycles. The van der Waals surface area contributed by atoms with E-state index in [0.717, 1.165) is 30.6 Å². The van der Waals surface area contributed by atoms with Crippen molar-refractivity contribution in [3.05, 3.63) is 71.2 Å². The molecule has 1 saturated carbocycles. The Balaban J connectivity index is 1.36. The van der Waals surface area contributed by atoms with Gasteiger partial charge in [0.05, 0.1) is 31.1 Å². The van der Waals surface area contributed by atoms with Gasteiger partial charge in [-0.05, 0) is 42.2 Å². The first-order valence-electron chi connectivity index (χ1n) is 12.2. The molecule has 0 bridgehead atoms. The summed E-state index contributed by atoms with van der Waals surface area (Å²) < 4.78 is 26.0. The zero-order chi connectivity index (χ0) is 23.8. The van der Waals surface area contributed by atoms with Crippen LogP contribution in [0.1, 0.15) is 34.3 Å². The van der Waals surface area contributed by atoms with Crippen LogP contribution < -0.4 is 9.64 Å². The van der Waals surface area contributed by atoms with Gasteiger partial charge in [0.15, 0.2) is 0 Å². The monoisotopic (exact) mass is 474 g/mol. The second-order valence-electron chi connectivity index (χ2n) is 9.22. The van der Waals surface area contributed by atoms with Crippen molar-refractivity contribution >= 4 is 11.9 Å². The first-order chi connectivity index (χ1) is 17.2. The van der Waals surface area contributed by atoms with E-state index in [4.69, 9.17) is 14.5 Å². The number of fused-ring (bicyclic) bond motifs is 1. The van der Waals surface area contributed by atoms with Gasteiger partial charge in [0.25, 0.3) is 5.91 Å². The van der Waals surface area contributed by atoms with Gasteiger partial charge in [-0.15, -0.1) is 0 Å². The summed E-state index contributed by atoms with van der Waals surface area (Å²) >= 11 is 0. The van der Waals surface area contributed by atoms with Crippen LogP contribution in [-0.4, -0.2) is 59.7 Å². The molecule has 7 nitrogen and oxygen atoms in total. The summed E-state index contributed by atoms with van der Waals surface area (Å²) in [5.41, 5.74) is 3.20. The van der Waals surface area contributed by atoms with Gasteiger partial charge < -0.3 is 19.3 Å². The Kier molecular flexibility index (Phi) is 5.82. The zero-order valence-corrected chi connectivity index (χ0v) is 19.5. The van der Waals surface area contributed by atoms with E-state index in [-0.39, 0.29) is 11.9 Å². The van der Waals surface area contributed by atoms with Crippen LogP contribution in [0.4, 0.5) is 10.3 Å². The summed E-state index contributed by atoms with van der Waals surface area (Å²) in [7, 11) is 0. The van der Waals surface area contributed by atoms with Crippen LogP contribution in [0.5, 0.6) is 5.75 Å². The molecule has 2 aliphatic heterocycles. The van der Waals surface area contributed by atoms with Gasteiger partial charge in [0, 0.05) is 43.9 Å². The molecule has 0 spiro atoms. The molecule has 0 radical (unpaired) electrons. The molecule has 35 heavy (non-hydrogen) atoms. The second-order valence-corrected chi connectivity index (χ2v) is 9.22. The minimum absolute atomic E-state index is 0.166. The Morgan fingerprint density at radius 1 is 1.11 bits per heavy atom. The van der Waals surface area contributed by atoms with Gasteiger partial charge in [-0.25, -0.2) is 14.4 Å². The quantitative estimate of drug-likeness (QED) is 0.541. The first-order valence-corrected chi connectivity index (χ1v) is 12.2. The Bertz CT molecular complexity index is 1260. The topological polar surface area (TPSA) is 67.8 Å². The molecule has 0 atom stereocenters. The normalized spacial score (nSPS) is 17.1. The number of benzene rings is 2. The summed E-state index contributed by atoms with van der Waals surface area (Å²) in [4.78, 5) is 27.1. The molecule has 3 aliphatic rings. The molecular weight excluding hydrogens is 447 g/mol. The number of aromatic nitrogens is 2. The number of carbonyl (C=O) groups excluding carboxylic acids is 1. The van der Waals surface area contributed by atoms with E-state index >= 15 is 0 Å². The first kappa shape index (κ1) is 22.0. The lowest BCUT2D eigenvalue weighted by molar-refractivity contribution is 0.0729. The lowest BCUT2D eigenvalue weighted by Crippen LogP contribution is -2.38. The largest absolute Gasteiger partial charge is 0.493 e. The number of ether oxygens (including phenoxy) is 2. The van der Waals surface area contributed by atoms with Crippen LogP contribution in [0.3, 0.4) is 0 Å². The van der Waals surface area contributed by atoms with Crippen LogP contribution in [0.15, 0.2) is 48.7 Å². The van der Waals surface area contributed by atoms with Gasteiger partial charge in [-0.3, -0.25) is 4.79 Å². The molecule has 180 valence electrons. The van der Waals surface area contributed by atoms with Gasteiger partial charge in [0.2, 0.25) is 5.95 Å². The van der Waals surface area contributed by atoms with Crippen LogP contribution in [0.2, 0.25) is 0 Å². The summed E-state index contributed by atoms with van der Waals surface area (Å²) in [5.74, 6) is 0.826. The fraction of sp³-hybridized carbons (Fsp3) is 0.370. The van der Waals surface area contributed by atoms with E-state index in [1.165, 1.54) is 11.6 Å². The fourth-order valence-electron chi connectivity index (χ4n) is 4.75. The minimum atomic E-state index is -0.412. The molecule has 8 heteroatoms. The average Bonchev–Trinajstić information content (AvgIpc) is 3.64. The molecule has 1 amide bonds. The molecule has 1 aromatic heterocycles. The van der Waals surface area contributed by atoms with Crippen molar-refractivity contribution in [3.8, 4) is 17.0 Å². The summed E-state index contributed by atoms with van der Waals surface area (Å²) in [6.45, 7) is 3.66. The molecule has 2 fully saturated rings. The third-order valence-corrected chi connectivity index (χ3v) is 6.78. The number of rotatable bonds is 6. The fourth-order valence-corrected chi connectivity index (χ4v) is 4.75. The van der Waals surface area contributed by atoms with E-state index in [1.807, 2.05) is 21.9 Å². The van der Waals surface area contributed by atoms with Crippen LogP contribution in [-0.2, 0) is 17.7 Å². The number of hydrogen-bond acceptors (Lipinski definition) is 6. The van der Waals surface area contributed by atoms with Crippen molar-refractivity contribution < 1.29 is 18.7 Å². The van der Waals surface area contributed by atoms with Gasteiger partial charge >= 0.3 is 0 Å². The van der Waals surface area contributed by atoms with E-state index in [1.54, 1.807) is 24.4 Å². The molecule has 6 rings (SSSR count). The van der Waals surface area contributed by atoms with Crippen LogP contribution >= 0.6 is 0 Å². The van der Waals surface area contributed by atoms with Crippen molar-refractivity contribution in [2.75, 3.05) is 37.8 Å². The van der Waals surface area contributed by atoms with Crippen molar-refractivity contribution in [2.24, 2.45) is 0 Å². The number of halogens is 1. The van der Waals surface area contributed by atoms with Gasteiger partial charge in [0.1, 0.15) is 11.6 Å². The maximum absolute atomic E-state index is 14.9. The number of anilines is 1. The molecule has 0 N–H and O–H groups in total. The summed E-state index contributed by atoms with van der Waals surface area (Å²) in [6, 6.07) is 12.7. The van der Waals surface area contributed by atoms with E-state index in [2.05, 4.69) is 11.1 Å². The Morgan fingerprint density at radius 3 is 2.74 bits per heavy atom. The molecule has 0 unspecified atom stereocenters. The Hall–Kier alpha value is -3.52. The third-order valence-electron chi connectivity index (χ3n) is 6.78. The van der Waals surface area contributed by atoms with Crippen molar-refractivity contribution in [1.82, 2.24) is 14.9 Å². The lowest BCUT2D eigenvalue weighted by Gasteiger charge is -2.28. The lowest BCUT2D eigenvalue weighted by atomic mass is 10.0. The highest BCUT2D eigenvalue weighted by Crippen LogP contribution is 2.34. The van der Waals surface area contributed by atoms with E-state index in [9.17, 15) is 9.18 Å². The van der Waals surface area contributed by atoms with Crippen molar-refractivity contribution in [3.63, 3.8) is 0 Å². The van der Waals surface area contributed by atoms with Crippen LogP contribution in [0, 0.1) is 5.82 Å². The van der Waals surface area contributed by atoms with E-state index in [0.29, 0.717) is 62.2 Å². The highest BCUT2D eigenvalue weighted by atomic mass is 19.1. The molecule has 3 heterocycles. The smallest absolute Gasteiger partial charge is 0.258 e. The standard InChI is InChI=1S/C27H27FN4O3/c28-23-4-2-1-3-21(23)25-22(16-29-27(30-25)31-10-13-34-14-11-31)26(33)32(20-6-7-20)17-18-5-8-24-19(15-18)9-12-35-24/h1-5,8,15-16,20H,6-7,9-14,17H2. The van der Waals surface area contributed by atoms with Crippen molar-refractivity contribution in [2.45, 2.75) is 31.8 Å². The molecule has 1 saturated heterocycles. The number of hydrogen-bond donors (Lipinski definition) is 0. The van der Waals surface area contributed by atoms with Crippen LogP contribution in [0.25, 0.3) is 11.3 Å². The van der Waals surface area contributed by atoms with Gasteiger partial charge in [-0.1, -0.05) is 24.3 Å². The number of amides is 1. The maximum atomic E-state index is 14.9. The predicted octanol–water partition coefficient (Wildman–Crippen LogP) is 3.86. The molecule has 1 aliphatic carbocycles. The van der Waals surface area contributed by atoms with Crippen molar-refractivity contribution in [1.29, 1.82) is 0 Å². The van der Waals surface area contributed by atoms with Gasteiger partial charge in [-0.2, -0.15) is 0 Å². The Labute approximate surface area is 203 Å². The highest BCUT2D eigenvalue weighted by Gasteiger charge is 2.35. The maximum Gasteiger partial charge on any atom is 0.258 e. The number of nitrogens with zero attached hydrogens (tertiary/aromatic N) is 4. The summed E-state index contributed by atoms with van der Waals surface area (Å²) in [5, 5.41) is 0.